The summed E-state index contributed by atoms with van der Waals surface area (Å²) >= 11 is 3.45. The maximum atomic E-state index is 4.77. The number of benzene rings is 3. The third-order valence-corrected chi connectivity index (χ3v) is 4.51. The number of hydrogen-bond donors (Lipinski definition) is 0. The number of aliphatic imine (C=N–C) groups is 1. The van der Waals surface area contributed by atoms with Crippen LogP contribution in [0.15, 0.2) is 100 Å². The zero-order chi connectivity index (χ0) is 17.8. The van der Waals surface area contributed by atoms with Gasteiger partial charge < -0.3 is 0 Å². The maximum Gasteiger partial charge on any atom is 0.156 e. The van der Waals surface area contributed by atoms with Crippen molar-refractivity contribution in [3.8, 4) is 16.9 Å². The van der Waals surface area contributed by atoms with E-state index in [2.05, 4.69) is 33.1 Å². The zero-order valence-electron chi connectivity index (χ0n) is 14.0. The molecule has 1 heterocycles. The van der Waals surface area contributed by atoms with Crippen LogP contribution in [0.2, 0.25) is 0 Å². The summed E-state index contributed by atoms with van der Waals surface area (Å²) in [5.41, 5.74) is 3.99. The van der Waals surface area contributed by atoms with E-state index >= 15 is 0 Å². The van der Waals surface area contributed by atoms with E-state index in [4.69, 9.17) is 5.10 Å². The first kappa shape index (κ1) is 16.5. The molecular formula is C22H16BrN3. The minimum atomic E-state index is 0.790. The minimum Gasteiger partial charge on any atom is -0.236 e. The van der Waals surface area contributed by atoms with Gasteiger partial charge in [0.05, 0.1) is 11.4 Å². The summed E-state index contributed by atoms with van der Waals surface area (Å²) in [7, 11) is 0. The number of halogens is 1. The van der Waals surface area contributed by atoms with Crippen LogP contribution < -0.4 is 0 Å². The fourth-order valence-electron chi connectivity index (χ4n) is 2.66. The van der Waals surface area contributed by atoms with Gasteiger partial charge in [-0.1, -0.05) is 76.6 Å². The van der Waals surface area contributed by atoms with Crippen LogP contribution in [0.3, 0.4) is 0 Å². The molecule has 0 spiro atoms. The summed E-state index contributed by atoms with van der Waals surface area (Å²) in [6.45, 7) is 0. The first-order valence-electron chi connectivity index (χ1n) is 8.30. The summed E-state index contributed by atoms with van der Waals surface area (Å²) in [5, 5.41) is 4.77. The smallest absolute Gasteiger partial charge is 0.156 e. The zero-order valence-corrected chi connectivity index (χ0v) is 15.5. The Balaban J connectivity index is 1.76. The quantitative estimate of drug-likeness (QED) is 0.382. The van der Waals surface area contributed by atoms with E-state index in [0.717, 1.165) is 32.8 Å². The van der Waals surface area contributed by atoms with Crippen LogP contribution >= 0.6 is 15.9 Å². The molecule has 3 aromatic carbocycles. The predicted octanol–water partition coefficient (Wildman–Crippen LogP) is 6.05. The van der Waals surface area contributed by atoms with Gasteiger partial charge in [-0.15, -0.1) is 0 Å². The number of hydrogen-bond acceptors (Lipinski definition) is 2. The number of rotatable bonds is 4. The van der Waals surface area contributed by atoms with E-state index in [-0.39, 0.29) is 0 Å². The fourth-order valence-corrected chi connectivity index (χ4v) is 2.93. The first-order chi connectivity index (χ1) is 12.8. The van der Waals surface area contributed by atoms with E-state index < -0.39 is 0 Å². The van der Waals surface area contributed by atoms with Gasteiger partial charge in [0.15, 0.2) is 5.82 Å². The van der Waals surface area contributed by atoms with Crippen molar-refractivity contribution in [2.75, 3.05) is 0 Å². The lowest BCUT2D eigenvalue weighted by Gasteiger charge is -2.03. The lowest BCUT2D eigenvalue weighted by Crippen LogP contribution is -1.96. The second-order valence-corrected chi connectivity index (χ2v) is 6.73. The Labute approximate surface area is 160 Å². The van der Waals surface area contributed by atoms with E-state index in [0.29, 0.717) is 0 Å². The second-order valence-electron chi connectivity index (χ2n) is 5.81. The molecule has 0 saturated heterocycles. The Morgan fingerprint density at radius 3 is 2.15 bits per heavy atom. The highest BCUT2D eigenvalue weighted by molar-refractivity contribution is 9.10. The summed E-state index contributed by atoms with van der Waals surface area (Å²) in [4.78, 5) is 4.69. The molecule has 0 atom stereocenters. The van der Waals surface area contributed by atoms with Crippen molar-refractivity contribution in [3.63, 3.8) is 0 Å². The summed E-state index contributed by atoms with van der Waals surface area (Å²) < 4.78 is 2.92. The largest absolute Gasteiger partial charge is 0.236 e. The van der Waals surface area contributed by atoms with Gasteiger partial charge in [0.25, 0.3) is 0 Å². The molecule has 0 aliphatic carbocycles. The molecule has 0 N–H and O–H groups in total. The molecular weight excluding hydrogens is 386 g/mol. The van der Waals surface area contributed by atoms with Crippen molar-refractivity contribution in [2.24, 2.45) is 4.99 Å². The predicted molar refractivity (Wildman–Crippen MR) is 110 cm³/mol. The summed E-state index contributed by atoms with van der Waals surface area (Å²) in [6.07, 6.45) is 1.86. The van der Waals surface area contributed by atoms with Crippen LogP contribution in [0.4, 0.5) is 5.82 Å². The summed E-state index contributed by atoms with van der Waals surface area (Å²) in [5.74, 6) is 0.790. The molecule has 1 aromatic heterocycles. The Bertz CT molecular complexity index is 1020. The van der Waals surface area contributed by atoms with Crippen molar-refractivity contribution in [1.29, 1.82) is 0 Å². The molecule has 126 valence electrons. The molecule has 0 bridgehead atoms. The number of aromatic nitrogens is 2. The van der Waals surface area contributed by atoms with Crippen molar-refractivity contribution in [2.45, 2.75) is 0 Å². The molecule has 0 amide bonds. The van der Waals surface area contributed by atoms with Crippen molar-refractivity contribution < 1.29 is 0 Å². The van der Waals surface area contributed by atoms with Gasteiger partial charge in [0, 0.05) is 22.3 Å². The molecule has 4 aromatic rings. The Morgan fingerprint density at radius 1 is 0.808 bits per heavy atom. The van der Waals surface area contributed by atoms with Gasteiger partial charge in [-0.3, -0.25) is 0 Å². The molecule has 0 radical (unpaired) electrons. The van der Waals surface area contributed by atoms with E-state index in [1.165, 1.54) is 0 Å². The van der Waals surface area contributed by atoms with Gasteiger partial charge >= 0.3 is 0 Å². The fraction of sp³-hybridized carbons (Fsp3) is 0. The molecule has 0 fully saturated rings. The number of para-hydroxylation sites is 1. The standard InChI is InChI=1S/C22H16BrN3/c23-19-13-11-17(12-14-19)16-24-22-15-21(18-7-3-1-4-8-18)25-26(22)20-9-5-2-6-10-20/h1-16H. The monoisotopic (exact) mass is 401 g/mol. The van der Waals surface area contributed by atoms with Crippen LogP contribution in [0.5, 0.6) is 0 Å². The van der Waals surface area contributed by atoms with Crippen molar-refractivity contribution in [1.82, 2.24) is 9.78 Å². The third-order valence-electron chi connectivity index (χ3n) is 3.98. The molecule has 0 aliphatic rings. The lowest BCUT2D eigenvalue weighted by molar-refractivity contribution is 0.885. The summed E-state index contributed by atoms with van der Waals surface area (Å²) in [6, 6.07) is 30.3. The maximum absolute atomic E-state index is 4.77. The van der Waals surface area contributed by atoms with Gasteiger partial charge in [-0.05, 0) is 29.8 Å². The number of nitrogens with zero attached hydrogens (tertiary/aromatic N) is 3. The van der Waals surface area contributed by atoms with Crippen LogP contribution in [0.25, 0.3) is 16.9 Å². The Morgan fingerprint density at radius 2 is 1.46 bits per heavy atom. The van der Waals surface area contributed by atoms with E-state index in [1.807, 2.05) is 89.8 Å². The third kappa shape index (κ3) is 3.65. The topological polar surface area (TPSA) is 30.2 Å². The molecule has 4 rings (SSSR count). The van der Waals surface area contributed by atoms with Crippen molar-refractivity contribution >= 4 is 28.0 Å². The Kier molecular flexibility index (Phi) is 4.75. The molecule has 4 heteroatoms. The molecule has 26 heavy (non-hydrogen) atoms. The molecule has 0 saturated carbocycles. The van der Waals surface area contributed by atoms with Gasteiger partial charge in [0.1, 0.15) is 0 Å². The molecule has 0 unspecified atom stereocenters. The molecule has 3 nitrogen and oxygen atoms in total. The highest BCUT2D eigenvalue weighted by atomic mass is 79.9. The van der Waals surface area contributed by atoms with Crippen LogP contribution in [-0.2, 0) is 0 Å². The highest BCUT2D eigenvalue weighted by Gasteiger charge is 2.10. The average molecular weight is 402 g/mol. The second kappa shape index (κ2) is 7.50. The van der Waals surface area contributed by atoms with Crippen LogP contribution in [-0.4, -0.2) is 16.0 Å². The SMILES string of the molecule is Brc1ccc(C=Nc2cc(-c3ccccc3)nn2-c2ccccc2)cc1. The lowest BCUT2D eigenvalue weighted by atomic mass is 10.2. The van der Waals surface area contributed by atoms with Gasteiger partial charge in [-0.2, -0.15) is 5.10 Å². The normalized spacial score (nSPS) is 11.1. The van der Waals surface area contributed by atoms with Crippen molar-refractivity contribution in [3.05, 3.63) is 101 Å². The van der Waals surface area contributed by atoms with Gasteiger partial charge in [-0.25, -0.2) is 9.67 Å². The Hall–Kier alpha value is -2.98. The van der Waals surface area contributed by atoms with Crippen LogP contribution in [0, 0.1) is 0 Å². The first-order valence-corrected chi connectivity index (χ1v) is 9.09. The minimum absolute atomic E-state index is 0.790. The highest BCUT2D eigenvalue weighted by Crippen LogP contribution is 2.26. The van der Waals surface area contributed by atoms with Gasteiger partial charge in [0.2, 0.25) is 0 Å². The van der Waals surface area contributed by atoms with E-state index in [9.17, 15) is 0 Å². The van der Waals surface area contributed by atoms with Crippen LogP contribution in [0.1, 0.15) is 5.56 Å². The molecule has 0 aliphatic heterocycles. The average Bonchev–Trinajstić information content (AvgIpc) is 3.13. The van der Waals surface area contributed by atoms with E-state index in [1.54, 1.807) is 0 Å².